The number of methoxy groups -OCH3 is 1. The molecule has 0 heterocycles. The lowest BCUT2D eigenvalue weighted by atomic mass is 10.3. The van der Waals surface area contributed by atoms with E-state index in [1.807, 2.05) is 0 Å². The molecule has 0 aliphatic carbocycles. The van der Waals surface area contributed by atoms with Crippen LogP contribution in [0.3, 0.4) is 0 Å². The van der Waals surface area contributed by atoms with E-state index in [9.17, 15) is 12.8 Å². The van der Waals surface area contributed by atoms with Gasteiger partial charge in [-0.15, -0.1) is 0 Å². The SMILES string of the molecule is COc1ccc(F)cc1S(=O)(=O)NCCCO. The van der Waals surface area contributed by atoms with Crippen LogP contribution >= 0.6 is 0 Å². The van der Waals surface area contributed by atoms with Crippen LogP contribution in [0.25, 0.3) is 0 Å². The zero-order valence-electron chi connectivity index (χ0n) is 9.31. The molecule has 0 unspecified atom stereocenters. The Bertz CT molecular complexity index is 475. The van der Waals surface area contributed by atoms with E-state index in [0.717, 1.165) is 12.1 Å². The van der Waals surface area contributed by atoms with Crippen molar-refractivity contribution in [1.82, 2.24) is 4.72 Å². The maximum absolute atomic E-state index is 13.0. The largest absolute Gasteiger partial charge is 0.495 e. The Hall–Kier alpha value is -1.18. The van der Waals surface area contributed by atoms with Crippen molar-refractivity contribution in [3.05, 3.63) is 24.0 Å². The molecule has 0 amide bonds. The summed E-state index contributed by atoms with van der Waals surface area (Å²) in [6, 6.07) is 3.25. The highest BCUT2D eigenvalue weighted by Crippen LogP contribution is 2.23. The molecule has 0 radical (unpaired) electrons. The van der Waals surface area contributed by atoms with Gasteiger partial charge in [-0.05, 0) is 24.6 Å². The summed E-state index contributed by atoms with van der Waals surface area (Å²) in [5, 5.41) is 8.56. The van der Waals surface area contributed by atoms with Crippen LogP contribution in [0.15, 0.2) is 23.1 Å². The fourth-order valence-electron chi connectivity index (χ4n) is 1.22. The van der Waals surface area contributed by atoms with Gasteiger partial charge in [0, 0.05) is 13.2 Å². The van der Waals surface area contributed by atoms with Crippen LogP contribution in [-0.4, -0.2) is 33.8 Å². The van der Waals surface area contributed by atoms with Crippen LogP contribution in [0.1, 0.15) is 6.42 Å². The first-order chi connectivity index (χ1) is 8.01. The minimum absolute atomic E-state index is 0.0721. The topological polar surface area (TPSA) is 75.6 Å². The number of aliphatic hydroxyl groups is 1. The standard InChI is InChI=1S/C10H14FNO4S/c1-16-9-4-3-8(11)7-10(9)17(14,15)12-5-2-6-13/h3-4,7,12-13H,2,5-6H2,1H3. The van der Waals surface area contributed by atoms with Gasteiger partial charge in [0.05, 0.1) is 7.11 Å². The van der Waals surface area contributed by atoms with Crippen molar-refractivity contribution < 1.29 is 22.7 Å². The summed E-state index contributed by atoms with van der Waals surface area (Å²) in [5.41, 5.74) is 0. The smallest absolute Gasteiger partial charge is 0.244 e. The molecule has 0 aromatic heterocycles. The van der Waals surface area contributed by atoms with E-state index in [0.29, 0.717) is 0 Å². The van der Waals surface area contributed by atoms with E-state index in [2.05, 4.69) is 4.72 Å². The van der Waals surface area contributed by atoms with Crippen molar-refractivity contribution in [2.24, 2.45) is 0 Å². The molecule has 7 heteroatoms. The first kappa shape index (κ1) is 13.9. The molecular formula is C10H14FNO4S. The third-order valence-electron chi connectivity index (χ3n) is 2.04. The van der Waals surface area contributed by atoms with Gasteiger partial charge in [0.25, 0.3) is 0 Å². The molecular weight excluding hydrogens is 249 g/mol. The molecule has 1 rings (SSSR count). The number of sulfonamides is 1. The third-order valence-corrected chi connectivity index (χ3v) is 3.52. The summed E-state index contributed by atoms with van der Waals surface area (Å²) in [6.45, 7) is -0.0404. The van der Waals surface area contributed by atoms with Crippen molar-refractivity contribution in [3.8, 4) is 5.75 Å². The molecule has 0 bridgehead atoms. The van der Waals surface area contributed by atoms with Crippen LogP contribution in [0, 0.1) is 5.82 Å². The molecule has 0 aliphatic heterocycles. The van der Waals surface area contributed by atoms with Gasteiger partial charge in [0.15, 0.2) is 0 Å². The fraction of sp³-hybridized carbons (Fsp3) is 0.400. The van der Waals surface area contributed by atoms with Gasteiger partial charge >= 0.3 is 0 Å². The van der Waals surface area contributed by atoms with Crippen LogP contribution < -0.4 is 9.46 Å². The maximum Gasteiger partial charge on any atom is 0.244 e. The molecule has 0 spiro atoms. The minimum atomic E-state index is -3.82. The lowest BCUT2D eigenvalue weighted by Crippen LogP contribution is -2.25. The number of ether oxygens (including phenoxy) is 1. The molecule has 0 saturated carbocycles. The van der Waals surface area contributed by atoms with Crippen molar-refractivity contribution in [2.45, 2.75) is 11.3 Å². The highest BCUT2D eigenvalue weighted by Gasteiger charge is 2.19. The molecule has 2 N–H and O–H groups in total. The minimum Gasteiger partial charge on any atom is -0.495 e. The predicted octanol–water partition coefficient (Wildman–Crippen LogP) is 0.495. The second kappa shape index (κ2) is 5.95. The zero-order chi connectivity index (χ0) is 12.9. The lowest BCUT2D eigenvalue weighted by Gasteiger charge is -2.10. The predicted molar refractivity (Wildman–Crippen MR) is 59.8 cm³/mol. The van der Waals surface area contributed by atoms with Gasteiger partial charge in [0.1, 0.15) is 16.5 Å². The first-order valence-corrected chi connectivity index (χ1v) is 6.43. The fourth-order valence-corrected chi connectivity index (χ4v) is 2.48. The van der Waals surface area contributed by atoms with Crippen molar-refractivity contribution in [1.29, 1.82) is 0 Å². The maximum atomic E-state index is 13.0. The summed E-state index contributed by atoms with van der Waals surface area (Å²) in [6.07, 6.45) is 0.289. The summed E-state index contributed by atoms with van der Waals surface area (Å²) in [7, 11) is -2.52. The lowest BCUT2D eigenvalue weighted by molar-refractivity contribution is 0.289. The second-order valence-electron chi connectivity index (χ2n) is 3.27. The van der Waals surface area contributed by atoms with E-state index in [1.165, 1.54) is 13.2 Å². The molecule has 0 fully saturated rings. The monoisotopic (exact) mass is 263 g/mol. The van der Waals surface area contributed by atoms with Crippen LogP contribution in [0.2, 0.25) is 0 Å². The molecule has 0 atom stereocenters. The van der Waals surface area contributed by atoms with Gasteiger partial charge in [-0.1, -0.05) is 0 Å². The summed E-state index contributed by atoms with van der Waals surface area (Å²) in [4.78, 5) is -0.252. The Morgan fingerprint density at radius 1 is 1.47 bits per heavy atom. The summed E-state index contributed by atoms with van der Waals surface area (Å²) >= 11 is 0. The zero-order valence-corrected chi connectivity index (χ0v) is 10.1. The highest BCUT2D eigenvalue weighted by molar-refractivity contribution is 7.89. The quantitative estimate of drug-likeness (QED) is 0.733. The summed E-state index contributed by atoms with van der Waals surface area (Å²) in [5.74, 6) is -0.587. The van der Waals surface area contributed by atoms with Gasteiger partial charge < -0.3 is 9.84 Å². The second-order valence-corrected chi connectivity index (χ2v) is 5.01. The van der Waals surface area contributed by atoms with Gasteiger partial charge in [-0.3, -0.25) is 0 Å². The number of rotatable bonds is 6. The number of nitrogens with one attached hydrogen (secondary N) is 1. The van der Waals surface area contributed by atoms with Gasteiger partial charge in [0.2, 0.25) is 10.0 Å². The number of aliphatic hydroxyl groups excluding tert-OH is 1. The highest BCUT2D eigenvalue weighted by atomic mass is 32.2. The van der Waals surface area contributed by atoms with E-state index >= 15 is 0 Å². The normalized spacial score (nSPS) is 11.5. The number of hydrogen-bond acceptors (Lipinski definition) is 4. The average Bonchev–Trinajstić information content (AvgIpc) is 2.29. The number of halogens is 1. The first-order valence-electron chi connectivity index (χ1n) is 4.95. The van der Waals surface area contributed by atoms with Gasteiger partial charge in [-0.25, -0.2) is 17.5 Å². The van der Waals surface area contributed by atoms with Crippen molar-refractivity contribution in [3.63, 3.8) is 0 Å². The molecule has 1 aromatic rings. The van der Waals surface area contributed by atoms with Gasteiger partial charge in [-0.2, -0.15) is 0 Å². The van der Waals surface area contributed by atoms with E-state index in [1.54, 1.807) is 0 Å². The average molecular weight is 263 g/mol. The number of benzene rings is 1. The Kier molecular flexibility index (Phi) is 4.86. The van der Waals surface area contributed by atoms with Crippen LogP contribution in [0.5, 0.6) is 5.75 Å². The Morgan fingerprint density at radius 3 is 2.76 bits per heavy atom. The van der Waals surface area contributed by atoms with E-state index < -0.39 is 15.8 Å². The Morgan fingerprint density at radius 2 is 2.18 bits per heavy atom. The van der Waals surface area contributed by atoms with Crippen molar-refractivity contribution in [2.75, 3.05) is 20.3 Å². The Balaban J connectivity index is 3.00. The van der Waals surface area contributed by atoms with E-state index in [-0.39, 0.29) is 30.2 Å². The molecule has 17 heavy (non-hydrogen) atoms. The van der Waals surface area contributed by atoms with Crippen LogP contribution in [0.4, 0.5) is 4.39 Å². The summed E-state index contributed by atoms with van der Waals surface area (Å²) < 4.78 is 43.7. The Labute approximate surface area is 99.3 Å². The molecule has 96 valence electrons. The molecule has 0 aliphatic rings. The number of hydrogen-bond donors (Lipinski definition) is 2. The van der Waals surface area contributed by atoms with Crippen molar-refractivity contribution >= 4 is 10.0 Å². The third kappa shape index (κ3) is 3.65. The molecule has 0 saturated heterocycles. The van der Waals surface area contributed by atoms with Crippen LogP contribution in [-0.2, 0) is 10.0 Å². The molecule has 1 aromatic carbocycles. The molecule has 5 nitrogen and oxygen atoms in total. The van der Waals surface area contributed by atoms with E-state index in [4.69, 9.17) is 9.84 Å².